The third-order valence-corrected chi connectivity index (χ3v) is 3.96. The van der Waals surface area contributed by atoms with Crippen LogP contribution in [0.25, 0.3) is 11.4 Å². The number of benzene rings is 2. The number of para-hydroxylation sites is 1. The van der Waals surface area contributed by atoms with Crippen molar-refractivity contribution in [2.24, 2.45) is 0 Å². The molecule has 3 aromatic rings. The summed E-state index contributed by atoms with van der Waals surface area (Å²) in [6, 6.07) is 15.1. The second kappa shape index (κ2) is 5.85. The summed E-state index contributed by atoms with van der Waals surface area (Å²) in [5, 5.41) is 0. The third kappa shape index (κ3) is 2.54. The van der Waals surface area contributed by atoms with Gasteiger partial charge in [0.1, 0.15) is 17.3 Å². The monoisotopic (exact) mass is 320 g/mol. The molecular formula is C19H16N2O3. The molecule has 0 spiro atoms. The Morgan fingerprint density at radius 2 is 1.96 bits per heavy atom. The highest BCUT2D eigenvalue weighted by Crippen LogP contribution is 2.34. The standard InChI is InChI=1S/C19H16N2O3/c1-2-23-14-9-7-12(8-10-14)17-20-18(22)15-11-13-5-3-4-6-16(13)24-19(15)21-17/h3-10H,2,11H2,1H3,(H,20,21,22). The lowest BCUT2D eigenvalue weighted by Crippen LogP contribution is -2.20. The number of nitrogens with zero attached hydrogens (tertiary/aromatic N) is 1. The van der Waals surface area contributed by atoms with E-state index >= 15 is 0 Å². The zero-order chi connectivity index (χ0) is 16.5. The summed E-state index contributed by atoms with van der Waals surface area (Å²) in [6.07, 6.45) is 0.525. The van der Waals surface area contributed by atoms with Gasteiger partial charge in [-0.15, -0.1) is 0 Å². The maximum atomic E-state index is 12.4. The van der Waals surface area contributed by atoms with Crippen LogP contribution in [0, 0.1) is 0 Å². The molecule has 1 aromatic heterocycles. The fourth-order valence-electron chi connectivity index (χ4n) is 2.77. The Hall–Kier alpha value is -3.08. The van der Waals surface area contributed by atoms with E-state index in [4.69, 9.17) is 9.47 Å². The molecule has 1 N–H and O–H groups in total. The molecule has 1 aliphatic rings. The molecule has 2 heterocycles. The second-order valence-electron chi connectivity index (χ2n) is 5.54. The van der Waals surface area contributed by atoms with Crippen LogP contribution in [0.15, 0.2) is 53.3 Å². The van der Waals surface area contributed by atoms with Crippen LogP contribution in [0.5, 0.6) is 17.4 Å². The molecule has 1 aliphatic heterocycles. The molecule has 0 saturated carbocycles. The quantitative estimate of drug-likeness (QED) is 0.627. The number of fused-ring (bicyclic) bond motifs is 2. The molecule has 0 atom stereocenters. The van der Waals surface area contributed by atoms with Crippen LogP contribution >= 0.6 is 0 Å². The van der Waals surface area contributed by atoms with Crippen molar-refractivity contribution >= 4 is 0 Å². The Kier molecular flexibility index (Phi) is 3.54. The number of aromatic amines is 1. The summed E-state index contributed by atoms with van der Waals surface area (Å²) in [5.41, 5.74) is 2.19. The number of nitrogens with one attached hydrogen (secondary N) is 1. The topological polar surface area (TPSA) is 64.2 Å². The van der Waals surface area contributed by atoms with Gasteiger partial charge in [0, 0.05) is 12.0 Å². The normalized spacial score (nSPS) is 12.0. The van der Waals surface area contributed by atoms with Crippen LogP contribution in [0.3, 0.4) is 0 Å². The highest BCUT2D eigenvalue weighted by atomic mass is 16.5. The van der Waals surface area contributed by atoms with E-state index in [0.29, 0.717) is 30.3 Å². The average molecular weight is 320 g/mol. The Morgan fingerprint density at radius 1 is 1.17 bits per heavy atom. The van der Waals surface area contributed by atoms with Gasteiger partial charge in [0.25, 0.3) is 5.56 Å². The SMILES string of the molecule is CCOc1ccc(-c2nc3c(c(=O)[nH]2)Cc2ccccc2O3)cc1. The van der Waals surface area contributed by atoms with Crippen LogP contribution in [-0.2, 0) is 6.42 Å². The molecule has 4 rings (SSSR count). The minimum atomic E-state index is -0.168. The van der Waals surface area contributed by atoms with Crippen LogP contribution in [0.4, 0.5) is 0 Å². The van der Waals surface area contributed by atoms with Gasteiger partial charge >= 0.3 is 0 Å². The summed E-state index contributed by atoms with van der Waals surface area (Å²) in [5.74, 6) is 2.40. The molecule has 24 heavy (non-hydrogen) atoms. The van der Waals surface area contributed by atoms with Gasteiger partial charge in [-0.05, 0) is 42.8 Å². The molecule has 5 nitrogen and oxygen atoms in total. The van der Waals surface area contributed by atoms with E-state index in [1.165, 1.54) is 0 Å². The number of H-pyrrole nitrogens is 1. The molecular weight excluding hydrogens is 304 g/mol. The van der Waals surface area contributed by atoms with E-state index in [9.17, 15) is 4.79 Å². The Morgan fingerprint density at radius 3 is 2.75 bits per heavy atom. The zero-order valence-corrected chi connectivity index (χ0v) is 13.2. The summed E-state index contributed by atoms with van der Waals surface area (Å²) in [4.78, 5) is 19.8. The summed E-state index contributed by atoms with van der Waals surface area (Å²) >= 11 is 0. The number of hydrogen-bond donors (Lipinski definition) is 1. The molecule has 0 bridgehead atoms. The summed E-state index contributed by atoms with van der Waals surface area (Å²) in [6.45, 7) is 2.55. The molecule has 0 fully saturated rings. The van der Waals surface area contributed by atoms with Gasteiger partial charge in [0.05, 0.1) is 12.2 Å². The number of aromatic nitrogens is 2. The van der Waals surface area contributed by atoms with E-state index in [-0.39, 0.29) is 5.56 Å². The minimum absolute atomic E-state index is 0.168. The molecule has 5 heteroatoms. The van der Waals surface area contributed by atoms with Gasteiger partial charge in [0.15, 0.2) is 0 Å². The van der Waals surface area contributed by atoms with Gasteiger partial charge in [0.2, 0.25) is 5.88 Å². The van der Waals surface area contributed by atoms with Crippen LogP contribution < -0.4 is 15.0 Å². The maximum Gasteiger partial charge on any atom is 0.258 e. The first-order valence-corrected chi connectivity index (χ1v) is 7.87. The maximum absolute atomic E-state index is 12.4. The minimum Gasteiger partial charge on any atom is -0.494 e. The summed E-state index contributed by atoms with van der Waals surface area (Å²) in [7, 11) is 0. The lowest BCUT2D eigenvalue weighted by molar-refractivity contribution is 0.340. The molecule has 2 aromatic carbocycles. The van der Waals surface area contributed by atoms with Crippen LogP contribution in [0.2, 0.25) is 0 Å². The van der Waals surface area contributed by atoms with E-state index < -0.39 is 0 Å². The molecule has 0 radical (unpaired) electrons. The Balaban J connectivity index is 1.73. The highest BCUT2D eigenvalue weighted by molar-refractivity contribution is 5.58. The first kappa shape index (κ1) is 14.5. The van der Waals surface area contributed by atoms with Gasteiger partial charge in [-0.3, -0.25) is 4.79 Å². The fraction of sp³-hybridized carbons (Fsp3) is 0.158. The zero-order valence-electron chi connectivity index (χ0n) is 13.2. The third-order valence-electron chi connectivity index (χ3n) is 3.96. The lowest BCUT2D eigenvalue weighted by Gasteiger charge is -2.18. The predicted molar refractivity (Wildman–Crippen MR) is 90.8 cm³/mol. The Labute approximate surface area is 138 Å². The van der Waals surface area contributed by atoms with Crippen molar-refractivity contribution in [3.05, 3.63) is 70.0 Å². The fourth-order valence-corrected chi connectivity index (χ4v) is 2.77. The average Bonchev–Trinajstić information content (AvgIpc) is 2.61. The molecule has 0 amide bonds. The van der Waals surface area contributed by atoms with Crippen molar-refractivity contribution in [2.75, 3.05) is 6.61 Å². The van der Waals surface area contributed by atoms with Crippen molar-refractivity contribution in [3.8, 4) is 28.8 Å². The molecule has 0 unspecified atom stereocenters. The summed E-state index contributed by atoms with van der Waals surface area (Å²) < 4.78 is 11.3. The van der Waals surface area contributed by atoms with Crippen molar-refractivity contribution in [3.63, 3.8) is 0 Å². The number of rotatable bonds is 3. The molecule has 120 valence electrons. The lowest BCUT2D eigenvalue weighted by atomic mass is 10.0. The Bertz CT molecular complexity index is 946. The van der Waals surface area contributed by atoms with Gasteiger partial charge < -0.3 is 14.5 Å². The largest absolute Gasteiger partial charge is 0.494 e. The van der Waals surface area contributed by atoms with E-state index in [1.807, 2.05) is 55.5 Å². The van der Waals surface area contributed by atoms with Gasteiger partial charge in [-0.1, -0.05) is 18.2 Å². The second-order valence-corrected chi connectivity index (χ2v) is 5.54. The molecule has 0 aliphatic carbocycles. The number of ether oxygens (including phenoxy) is 2. The van der Waals surface area contributed by atoms with Crippen molar-refractivity contribution in [1.82, 2.24) is 9.97 Å². The van der Waals surface area contributed by atoms with Crippen molar-refractivity contribution in [1.29, 1.82) is 0 Å². The highest BCUT2D eigenvalue weighted by Gasteiger charge is 2.22. The first-order chi connectivity index (χ1) is 11.7. The van der Waals surface area contributed by atoms with E-state index in [1.54, 1.807) is 0 Å². The van der Waals surface area contributed by atoms with Crippen molar-refractivity contribution < 1.29 is 9.47 Å². The number of hydrogen-bond acceptors (Lipinski definition) is 4. The van der Waals surface area contributed by atoms with Crippen molar-refractivity contribution in [2.45, 2.75) is 13.3 Å². The van der Waals surface area contributed by atoms with E-state index in [0.717, 1.165) is 22.6 Å². The first-order valence-electron chi connectivity index (χ1n) is 7.87. The smallest absolute Gasteiger partial charge is 0.258 e. The van der Waals surface area contributed by atoms with Gasteiger partial charge in [-0.25, -0.2) is 0 Å². The van der Waals surface area contributed by atoms with Crippen LogP contribution in [-0.4, -0.2) is 16.6 Å². The van der Waals surface area contributed by atoms with Gasteiger partial charge in [-0.2, -0.15) is 4.98 Å². The van der Waals surface area contributed by atoms with Crippen LogP contribution in [0.1, 0.15) is 18.1 Å². The molecule has 0 saturated heterocycles. The predicted octanol–water partition coefficient (Wildman–Crippen LogP) is 3.53. The van der Waals surface area contributed by atoms with E-state index in [2.05, 4.69) is 9.97 Å².